The molecule has 0 fully saturated rings. The lowest BCUT2D eigenvalue weighted by Crippen LogP contribution is -2.38. The van der Waals surface area contributed by atoms with Crippen molar-refractivity contribution in [1.29, 1.82) is 0 Å². The van der Waals surface area contributed by atoms with Crippen molar-refractivity contribution < 1.29 is 9.50 Å². The highest BCUT2D eigenvalue weighted by Crippen LogP contribution is 2.09. The minimum absolute atomic E-state index is 0.266. The number of halogens is 1. The monoisotopic (exact) mass is 240 g/mol. The Kier molecular flexibility index (Phi) is 5.55. The number of aliphatic hydroxyl groups is 1. The molecule has 0 saturated carbocycles. The predicted octanol–water partition coefficient (Wildman–Crippen LogP) is 1.01. The van der Waals surface area contributed by atoms with E-state index in [4.69, 9.17) is 5.73 Å². The van der Waals surface area contributed by atoms with Crippen LogP contribution in [0.3, 0.4) is 0 Å². The highest BCUT2D eigenvalue weighted by molar-refractivity contribution is 5.17. The van der Waals surface area contributed by atoms with Gasteiger partial charge in [0.15, 0.2) is 0 Å². The van der Waals surface area contributed by atoms with Crippen LogP contribution < -0.4 is 5.73 Å². The molecule has 0 aliphatic carbocycles. The maximum atomic E-state index is 13.0. The van der Waals surface area contributed by atoms with Crippen LogP contribution in [-0.4, -0.2) is 42.8 Å². The van der Waals surface area contributed by atoms with Crippen molar-refractivity contribution in [3.8, 4) is 0 Å². The van der Waals surface area contributed by atoms with Gasteiger partial charge in [-0.3, -0.25) is 0 Å². The molecule has 2 unspecified atom stereocenters. The molecular weight excluding hydrogens is 219 g/mol. The minimum atomic E-state index is -0.555. The smallest absolute Gasteiger partial charge is 0.123 e. The first kappa shape index (κ1) is 14.1. The lowest BCUT2D eigenvalue weighted by molar-refractivity contribution is 0.124. The molecule has 4 heteroatoms. The molecule has 0 heterocycles. The zero-order chi connectivity index (χ0) is 12.8. The second-order valence-corrected chi connectivity index (χ2v) is 4.66. The summed E-state index contributed by atoms with van der Waals surface area (Å²) in [6.07, 6.45) is 0.566. The minimum Gasteiger partial charge on any atom is -0.391 e. The van der Waals surface area contributed by atoms with Crippen molar-refractivity contribution >= 4 is 0 Å². The summed E-state index contributed by atoms with van der Waals surface area (Å²) in [5.41, 5.74) is 6.72. The number of aliphatic hydroxyl groups excluding tert-OH is 1. The van der Waals surface area contributed by atoms with Crippen molar-refractivity contribution in [3.05, 3.63) is 35.6 Å². The largest absolute Gasteiger partial charge is 0.391 e. The summed E-state index contributed by atoms with van der Waals surface area (Å²) in [5, 5.41) is 9.85. The molecule has 1 aromatic carbocycles. The Labute approximate surface area is 102 Å². The molecule has 0 bridgehead atoms. The summed E-state index contributed by atoms with van der Waals surface area (Å²) < 4.78 is 13.0. The van der Waals surface area contributed by atoms with Crippen molar-refractivity contribution in [2.45, 2.75) is 25.0 Å². The number of rotatable bonds is 6. The summed E-state index contributed by atoms with van der Waals surface area (Å²) in [6, 6.07) is 5.98. The quantitative estimate of drug-likeness (QED) is 0.780. The number of hydrogen-bond acceptors (Lipinski definition) is 3. The molecule has 2 atom stereocenters. The van der Waals surface area contributed by atoms with Gasteiger partial charge in [-0.1, -0.05) is 12.1 Å². The first-order valence-electron chi connectivity index (χ1n) is 5.82. The van der Waals surface area contributed by atoms with E-state index in [1.165, 1.54) is 12.1 Å². The van der Waals surface area contributed by atoms with E-state index in [0.717, 1.165) is 12.1 Å². The summed E-state index contributed by atoms with van der Waals surface area (Å²) in [4.78, 5) is 2.00. The molecule has 96 valence electrons. The van der Waals surface area contributed by atoms with Crippen molar-refractivity contribution in [2.75, 3.05) is 20.6 Å². The Balaban J connectivity index is 2.45. The summed E-state index contributed by atoms with van der Waals surface area (Å²) >= 11 is 0. The standard InChI is InChI=1S/C13H21FN2O/c1-16(2)7-6-13(17)12(15)9-10-4-3-5-11(14)8-10/h3-5,8,12-13,17H,6-7,9,15H2,1-2H3. The Morgan fingerprint density at radius 2 is 2.12 bits per heavy atom. The van der Waals surface area contributed by atoms with Gasteiger partial charge in [-0.05, 0) is 44.6 Å². The first-order valence-corrected chi connectivity index (χ1v) is 5.82. The van der Waals surface area contributed by atoms with Gasteiger partial charge in [0, 0.05) is 12.6 Å². The molecule has 0 aliphatic rings. The molecule has 0 aliphatic heterocycles. The molecule has 0 radical (unpaired) electrons. The maximum Gasteiger partial charge on any atom is 0.123 e. The van der Waals surface area contributed by atoms with E-state index in [9.17, 15) is 9.50 Å². The highest BCUT2D eigenvalue weighted by atomic mass is 19.1. The van der Waals surface area contributed by atoms with Crippen LogP contribution in [0.25, 0.3) is 0 Å². The highest BCUT2D eigenvalue weighted by Gasteiger charge is 2.15. The van der Waals surface area contributed by atoms with Crippen LogP contribution in [0.2, 0.25) is 0 Å². The topological polar surface area (TPSA) is 49.5 Å². The van der Waals surface area contributed by atoms with E-state index in [2.05, 4.69) is 0 Å². The van der Waals surface area contributed by atoms with Crippen molar-refractivity contribution in [1.82, 2.24) is 4.90 Å². The second kappa shape index (κ2) is 6.69. The molecule has 1 rings (SSSR count). The third-order valence-corrected chi connectivity index (χ3v) is 2.73. The third kappa shape index (κ3) is 5.26. The fourth-order valence-corrected chi connectivity index (χ4v) is 1.68. The summed E-state index contributed by atoms with van der Waals surface area (Å²) in [6.45, 7) is 0.790. The van der Waals surface area contributed by atoms with Crippen LogP contribution in [0.5, 0.6) is 0 Å². The van der Waals surface area contributed by atoms with E-state index in [1.807, 2.05) is 25.1 Å². The zero-order valence-electron chi connectivity index (χ0n) is 10.4. The molecule has 0 amide bonds. The molecular formula is C13H21FN2O. The van der Waals surface area contributed by atoms with Gasteiger partial charge in [0.05, 0.1) is 6.10 Å². The second-order valence-electron chi connectivity index (χ2n) is 4.66. The maximum absolute atomic E-state index is 13.0. The van der Waals surface area contributed by atoms with Crippen molar-refractivity contribution in [3.63, 3.8) is 0 Å². The number of nitrogens with zero attached hydrogens (tertiary/aromatic N) is 1. The number of benzene rings is 1. The molecule has 3 N–H and O–H groups in total. The molecule has 17 heavy (non-hydrogen) atoms. The van der Waals surface area contributed by atoms with Crippen molar-refractivity contribution in [2.24, 2.45) is 5.73 Å². The predicted molar refractivity (Wildman–Crippen MR) is 67.3 cm³/mol. The van der Waals surface area contributed by atoms with Crippen LogP contribution >= 0.6 is 0 Å². The van der Waals surface area contributed by atoms with Crippen LogP contribution in [0, 0.1) is 5.82 Å². The molecule has 0 saturated heterocycles. The van der Waals surface area contributed by atoms with Gasteiger partial charge >= 0.3 is 0 Å². The average Bonchev–Trinajstić information content (AvgIpc) is 2.25. The van der Waals surface area contributed by atoms with Gasteiger partial charge in [0.25, 0.3) is 0 Å². The Bertz CT molecular complexity index is 344. The van der Waals surface area contributed by atoms with E-state index >= 15 is 0 Å². The Hall–Kier alpha value is -0.970. The first-order chi connectivity index (χ1) is 7.99. The summed E-state index contributed by atoms with van der Waals surface area (Å²) in [5.74, 6) is -0.266. The van der Waals surface area contributed by atoms with Gasteiger partial charge in [-0.25, -0.2) is 4.39 Å². The van der Waals surface area contributed by atoms with Crippen LogP contribution in [0.4, 0.5) is 4.39 Å². The lowest BCUT2D eigenvalue weighted by atomic mass is 10.00. The molecule has 1 aromatic rings. The van der Waals surface area contributed by atoms with Gasteiger partial charge in [0.1, 0.15) is 5.82 Å². The fourth-order valence-electron chi connectivity index (χ4n) is 1.68. The van der Waals surface area contributed by atoms with Crippen LogP contribution in [-0.2, 0) is 6.42 Å². The third-order valence-electron chi connectivity index (χ3n) is 2.73. The average molecular weight is 240 g/mol. The Morgan fingerprint density at radius 3 is 2.71 bits per heavy atom. The van der Waals surface area contributed by atoms with E-state index < -0.39 is 6.10 Å². The fraction of sp³-hybridized carbons (Fsp3) is 0.538. The van der Waals surface area contributed by atoms with Crippen LogP contribution in [0.1, 0.15) is 12.0 Å². The zero-order valence-corrected chi connectivity index (χ0v) is 10.4. The molecule has 0 aromatic heterocycles. The van der Waals surface area contributed by atoms with E-state index in [0.29, 0.717) is 12.8 Å². The van der Waals surface area contributed by atoms with Crippen LogP contribution in [0.15, 0.2) is 24.3 Å². The normalized spacial score (nSPS) is 14.9. The summed E-state index contributed by atoms with van der Waals surface area (Å²) in [7, 11) is 3.90. The van der Waals surface area contributed by atoms with Gasteiger partial charge in [0.2, 0.25) is 0 Å². The lowest BCUT2D eigenvalue weighted by Gasteiger charge is -2.20. The number of hydrogen-bond donors (Lipinski definition) is 2. The van der Waals surface area contributed by atoms with E-state index in [-0.39, 0.29) is 11.9 Å². The molecule has 0 spiro atoms. The number of nitrogens with two attached hydrogens (primary N) is 1. The van der Waals surface area contributed by atoms with Gasteiger partial charge in [-0.15, -0.1) is 0 Å². The van der Waals surface area contributed by atoms with Gasteiger partial charge in [-0.2, -0.15) is 0 Å². The Morgan fingerprint density at radius 1 is 1.41 bits per heavy atom. The molecule has 3 nitrogen and oxygen atoms in total. The SMILES string of the molecule is CN(C)CCC(O)C(N)Cc1cccc(F)c1. The van der Waals surface area contributed by atoms with E-state index in [1.54, 1.807) is 6.07 Å². The van der Waals surface area contributed by atoms with Gasteiger partial charge < -0.3 is 15.7 Å².